The van der Waals surface area contributed by atoms with Crippen molar-refractivity contribution in [3.8, 4) is 0 Å². The van der Waals surface area contributed by atoms with Crippen LogP contribution >= 0.6 is 0 Å². The third kappa shape index (κ3) is 3.08. The summed E-state index contributed by atoms with van der Waals surface area (Å²) in [5.41, 5.74) is 3.25. The van der Waals surface area contributed by atoms with E-state index in [9.17, 15) is 9.59 Å². The van der Waals surface area contributed by atoms with E-state index >= 15 is 0 Å². The van der Waals surface area contributed by atoms with Gasteiger partial charge in [0.05, 0.1) is 0 Å². The van der Waals surface area contributed by atoms with E-state index in [1.54, 1.807) is 11.9 Å². The number of nitrogens with one attached hydrogen (secondary N) is 2. The molecule has 0 saturated carbocycles. The molecule has 0 spiro atoms. The molecule has 3 rings (SSSR count). The van der Waals surface area contributed by atoms with Gasteiger partial charge < -0.3 is 15.5 Å². The van der Waals surface area contributed by atoms with Crippen LogP contribution in [0.25, 0.3) is 0 Å². The molecule has 2 aliphatic heterocycles. The van der Waals surface area contributed by atoms with Crippen LogP contribution < -0.4 is 10.6 Å². The van der Waals surface area contributed by atoms with Gasteiger partial charge in [-0.25, -0.2) is 0 Å². The molecule has 0 radical (unpaired) electrons. The minimum atomic E-state index is -0.0453. The number of hydrogen-bond donors (Lipinski definition) is 2. The first kappa shape index (κ1) is 14.1. The van der Waals surface area contributed by atoms with E-state index in [2.05, 4.69) is 16.7 Å². The van der Waals surface area contributed by atoms with E-state index in [4.69, 9.17) is 0 Å². The molecule has 2 aliphatic rings. The van der Waals surface area contributed by atoms with Crippen molar-refractivity contribution >= 4 is 11.8 Å². The fourth-order valence-corrected chi connectivity index (χ4v) is 3.02. The van der Waals surface area contributed by atoms with Gasteiger partial charge in [-0.3, -0.25) is 9.59 Å². The van der Waals surface area contributed by atoms with Crippen molar-refractivity contribution in [3.05, 3.63) is 34.9 Å². The summed E-state index contributed by atoms with van der Waals surface area (Å²) in [6.07, 6.45) is 2.25. The van der Waals surface area contributed by atoms with E-state index in [-0.39, 0.29) is 17.9 Å². The fraction of sp³-hybridized carbons (Fsp3) is 0.500. The van der Waals surface area contributed by atoms with Gasteiger partial charge >= 0.3 is 0 Å². The van der Waals surface area contributed by atoms with Gasteiger partial charge in [0, 0.05) is 38.2 Å². The summed E-state index contributed by atoms with van der Waals surface area (Å²) < 4.78 is 0. The molecular weight excluding hydrogens is 266 g/mol. The van der Waals surface area contributed by atoms with Gasteiger partial charge in [0.15, 0.2) is 0 Å². The second-order valence-electron chi connectivity index (χ2n) is 5.89. The van der Waals surface area contributed by atoms with Crippen molar-refractivity contribution in [2.24, 2.45) is 0 Å². The lowest BCUT2D eigenvalue weighted by molar-refractivity contribution is -0.132. The number of nitrogens with zero attached hydrogens (tertiary/aromatic N) is 1. The van der Waals surface area contributed by atoms with E-state index in [1.807, 2.05) is 12.1 Å². The minimum Gasteiger partial charge on any atom is -0.348 e. The zero-order valence-electron chi connectivity index (χ0n) is 12.3. The van der Waals surface area contributed by atoms with Crippen LogP contribution in [0.15, 0.2) is 18.2 Å². The molecule has 1 saturated heterocycles. The number of hydrogen-bond acceptors (Lipinski definition) is 3. The van der Waals surface area contributed by atoms with Gasteiger partial charge in [-0.05, 0) is 42.6 Å². The summed E-state index contributed by atoms with van der Waals surface area (Å²) in [5.74, 6) is 0.108. The third-order valence-corrected chi connectivity index (χ3v) is 4.32. The lowest BCUT2D eigenvalue weighted by atomic mass is 9.98. The van der Waals surface area contributed by atoms with Crippen molar-refractivity contribution in [1.29, 1.82) is 0 Å². The number of benzene rings is 1. The largest absolute Gasteiger partial charge is 0.348 e. The van der Waals surface area contributed by atoms with Crippen molar-refractivity contribution in [2.75, 3.05) is 20.1 Å². The molecule has 1 unspecified atom stereocenters. The second kappa shape index (κ2) is 5.85. The fourth-order valence-electron chi connectivity index (χ4n) is 3.02. The molecule has 112 valence electrons. The molecule has 5 nitrogen and oxygen atoms in total. The average Bonchev–Trinajstić information content (AvgIpc) is 2.50. The Bertz CT molecular complexity index is 571. The maximum absolute atomic E-state index is 12.4. The Kier molecular flexibility index (Phi) is 3.92. The monoisotopic (exact) mass is 287 g/mol. The molecule has 5 heteroatoms. The van der Waals surface area contributed by atoms with Crippen LogP contribution in [0.4, 0.5) is 0 Å². The first-order valence-electron chi connectivity index (χ1n) is 7.51. The Morgan fingerprint density at radius 2 is 2.19 bits per heavy atom. The molecule has 0 aliphatic carbocycles. The molecule has 0 aromatic heterocycles. The molecule has 1 aromatic rings. The van der Waals surface area contributed by atoms with Gasteiger partial charge in [-0.2, -0.15) is 0 Å². The third-order valence-electron chi connectivity index (χ3n) is 4.32. The smallest absolute Gasteiger partial charge is 0.251 e. The normalized spacial score (nSPS) is 21.9. The highest BCUT2D eigenvalue weighted by molar-refractivity contribution is 5.94. The van der Waals surface area contributed by atoms with Crippen LogP contribution in [0.3, 0.4) is 0 Å². The first-order valence-corrected chi connectivity index (χ1v) is 7.51. The summed E-state index contributed by atoms with van der Waals surface area (Å²) in [4.78, 5) is 25.5. The second-order valence-corrected chi connectivity index (χ2v) is 5.89. The van der Waals surface area contributed by atoms with Crippen molar-refractivity contribution in [1.82, 2.24) is 15.5 Å². The summed E-state index contributed by atoms with van der Waals surface area (Å²) in [7, 11) is 1.78. The summed E-state index contributed by atoms with van der Waals surface area (Å²) in [6.45, 7) is 2.43. The highest BCUT2D eigenvalue weighted by Gasteiger charge is 2.24. The summed E-state index contributed by atoms with van der Waals surface area (Å²) >= 11 is 0. The highest BCUT2D eigenvalue weighted by atomic mass is 16.2. The van der Waals surface area contributed by atoms with Crippen LogP contribution in [-0.4, -0.2) is 42.9 Å². The molecule has 0 bridgehead atoms. The SMILES string of the molecule is CN1CC(NC(=O)c2ccc3c(c2)CNCC3)CCC1=O. The predicted octanol–water partition coefficient (Wildman–Crippen LogP) is 0.683. The van der Waals surface area contributed by atoms with Crippen LogP contribution in [0.5, 0.6) is 0 Å². The van der Waals surface area contributed by atoms with E-state index in [1.165, 1.54) is 11.1 Å². The zero-order chi connectivity index (χ0) is 14.8. The first-order chi connectivity index (χ1) is 10.1. The maximum atomic E-state index is 12.4. The Morgan fingerprint density at radius 3 is 3.00 bits per heavy atom. The number of fused-ring (bicyclic) bond motifs is 1. The molecule has 1 atom stereocenters. The molecule has 21 heavy (non-hydrogen) atoms. The van der Waals surface area contributed by atoms with E-state index in [0.717, 1.165) is 25.9 Å². The molecule has 1 aromatic carbocycles. The average molecular weight is 287 g/mol. The number of rotatable bonds is 2. The number of likely N-dealkylation sites (N-methyl/N-ethyl adjacent to an activating group) is 1. The summed E-state index contributed by atoms with van der Waals surface area (Å²) in [5, 5.41) is 6.36. The van der Waals surface area contributed by atoms with Gasteiger partial charge in [0.25, 0.3) is 5.91 Å². The topological polar surface area (TPSA) is 61.4 Å². The Morgan fingerprint density at radius 1 is 1.33 bits per heavy atom. The van der Waals surface area contributed by atoms with Gasteiger partial charge in [0.1, 0.15) is 0 Å². The maximum Gasteiger partial charge on any atom is 0.251 e. The molecule has 2 amide bonds. The Hall–Kier alpha value is -1.88. The van der Waals surface area contributed by atoms with Crippen LogP contribution in [0.2, 0.25) is 0 Å². The summed E-state index contributed by atoms with van der Waals surface area (Å²) in [6, 6.07) is 5.99. The van der Waals surface area contributed by atoms with Gasteiger partial charge in [-0.15, -0.1) is 0 Å². The number of amides is 2. The van der Waals surface area contributed by atoms with Crippen LogP contribution in [0, 0.1) is 0 Å². The zero-order valence-corrected chi connectivity index (χ0v) is 12.3. The number of piperidine rings is 1. The molecule has 2 heterocycles. The predicted molar refractivity (Wildman–Crippen MR) is 80.0 cm³/mol. The molecule has 1 fully saturated rings. The van der Waals surface area contributed by atoms with Crippen LogP contribution in [-0.2, 0) is 17.8 Å². The minimum absolute atomic E-state index is 0.0453. The van der Waals surface area contributed by atoms with Crippen molar-refractivity contribution in [3.63, 3.8) is 0 Å². The lowest BCUT2D eigenvalue weighted by Gasteiger charge is -2.30. The number of carbonyl (C=O) groups is 2. The Labute approximate surface area is 124 Å². The molecular formula is C16H21N3O2. The number of likely N-dealkylation sites (tertiary alicyclic amines) is 1. The van der Waals surface area contributed by atoms with Crippen molar-refractivity contribution in [2.45, 2.75) is 31.8 Å². The number of carbonyl (C=O) groups excluding carboxylic acids is 2. The highest BCUT2D eigenvalue weighted by Crippen LogP contribution is 2.17. The van der Waals surface area contributed by atoms with Crippen molar-refractivity contribution < 1.29 is 9.59 Å². The van der Waals surface area contributed by atoms with E-state index < -0.39 is 0 Å². The Balaban J connectivity index is 1.67. The van der Waals surface area contributed by atoms with Gasteiger partial charge in [-0.1, -0.05) is 6.07 Å². The molecule has 2 N–H and O–H groups in total. The van der Waals surface area contributed by atoms with Crippen LogP contribution in [0.1, 0.15) is 34.3 Å². The van der Waals surface area contributed by atoms with Gasteiger partial charge in [0.2, 0.25) is 5.91 Å². The quantitative estimate of drug-likeness (QED) is 0.841. The standard InChI is InChI=1S/C16H21N3O2/c1-19-10-14(4-5-15(19)20)18-16(21)12-3-2-11-6-7-17-9-13(11)8-12/h2-3,8,14,17H,4-7,9-10H2,1H3,(H,18,21). The van der Waals surface area contributed by atoms with E-state index in [0.29, 0.717) is 18.5 Å². The lowest BCUT2D eigenvalue weighted by Crippen LogP contribution is -2.48.